The van der Waals surface area contributed by atoms with Gasteiger partial charge < -0.3 is 10.2 Å². The fourth-order valence-electron chi connectivity index (χ4n) is 3.29. The van der Waals surface area contributed by atoms with E-state index in [1.54, 1.807) is 6.33 Å². The molecule has 4 nitrogen and oxygen atoms in total. The third kappa shape index (κ3) is 2.89. The first-order chi connectivity index (χ1) is 9.34. The molecule has 0 radical (unpaired) electrons. The summed E-state index contributed by atoms with van der Waals surface area (Å²) in [4.78, 5) is 11.4. The lowest BCUT2D eigenvalue weighted by atomic mass is 9.96. The highest BCUT2D eigenvalue weighted by atomic mass is 15.2. The largest absolute Gasteiger partial charge is 0.368 e. The van der Waals surface area contributed by atoms with E-state index in [9.17, 15) is 0 Å². The second-order valence-corrected chi connectivity index (χ2v) is 5.87. The minimum atomic E-state index is 0.656. The number of likely N-dealkylation sites (N-methyl/N-ethyl adjacent to an activating group) is 1. The van der Waals surface area contributed by atoms with Gasteiger partial charge in [0, 0.05) is 23.8 Å². The van der Waals surface area contributed by atoms with Crippen LogP contribution >= 0.6 is 0 Å². The minimum absolute atomic E-state index is 0.656. The molecule has 0 aromatic carbocycles. The number of rotatable bonds is 3. The third-order valence-corrected chi connectivity index (χ3v) is 4.55. The van der Waals surface area contributed by atoms with E-state index in [4.69, 9.17) is 0 Å². The van der Waals surface area contributed by atoms with E-state index < -0.39 is 0 Å². The number of anilines is 1. The number of hydrogen-bond acceptors (Lipinski definition) is 4. The number of fused-ring (bicyclic) bond motifs is 1. The molecule has 1 atom stereocenters. The van der Waals surface area contributed by atoms with Crippen molar-refractivity contribution in [2.45, 2.75) is 51.0 Å². The first-order valence-electron chi connectivity index (χ1n) is 7.61. The zero-order valence-corrected chi connectivity index (χ0v) is 11.9. The Kier molecular flexibility index (Phi) is 3.97. The first kappa shape index (κ1) is 12.9. The monoisotopic (exact) mass is 260 g/mol. The average Bonchev–Trinajstić information content (AvgIpc) is 2.46. The Morgan fingerprint density at radius 2 is 2.11 bits per heavy atom. The van der Waals surface area contributed by atoms with E-state index in [0.717, 1.165) is 25.2 Å². The fourth-order valence-corrected chi connectivity index (χ4v) is 3.29. The number of aryl methyl sites for hydroxylation is 1. The number of nitrogens with one attached hydrogen (secondary N) is 1. The highest BCUT2D eigenvalue weighted by Crippen LogP contribution is 2.25. The molecule has 1 aliphatic heterocycles. The summed E-state index contributed by atoms with van der Waals surface area (Å²) in [5, 5.41) is 3.58. The Labute approximate surface area is 115 Å². The van der Waals surface area contributed by atoms with Crippen LogP contribution in [0.25, 0.3) is 0 Å². The van der Waals surface area contributed by atoms with Gasteiger partial charge in [0.05, 0.1) is 0 Å². The van der Waals surface area contributed by atoms with Crippen molar-refractivity contribution >= 4 is 5.82 Å². The van der Waals surface area contributed by atoms with Gasteiger partial charge in [-0.3, -0.25) is 0 Å². The standard InChI is InChI=1S/C15H24N4/c1-19-9-5-4-6-12(19)10-16-15-13-7-2-3-8-14(13)17-11-18-15/h11-12H,2-10H2,1H3,(H,16,17,18). The quantitative estimate of drug-likeness (QED) is 0.905. The van der Waals surface area contributed by atoms with E-state index in [1.165, 1.54) is 49.9 Å². The Morgan fingerprint density at radius 1 is 1.21 bits per heavy atom. The van der Waals surface area contributed by atoms with Crippen molar-refractivity contribution in [1.29, 1.82) is 0 Å². The van der Waals surface area contributed by atoms with Crippen LogP contribution in [0.3, 0.4) is 0 Å². The lowest BCUT2D eigenvalue weighted by molar-refractivity contribution is 0.194. The summed E-state index contributed by atoms with van der Waals surface area (Å²) in [7, 11) is 2.24. The molecule has 19 heavy (non-hydrogen) atoms. The topological polar surface area (TPSA) is 41.0 Å². The number of piperidine rings is 1. The van der Waals surface area contributed by atoms with Crippen molar-refractivity contribution in [2.24, 2.45) is 0 Å². The van der Waals surface area contributed by atoms with Crippen molar-refractivity contribution in [3.63, 3.8) is 0 Å². The smallest absolute Gasteiger partial charge is 0.132 e. The van der Waals surface area contributed by atoms with Gasteiger partial charge in [0.2, 0.25) is 0 Å². The SMILES string of the molecule is CN1CCCCC1CNc1ncnc2c1CCCC2. The average molecular weight is 260 g/mol. The minimum Gasteiger partial charge on any atom is -0.368 e. The van der Waals surface area contributed by atoms with E-state index in [1.807, 2.05) is 0 Å². The van der Waals surface area contributed by atoms with Crippen molar-refractivity contribution in [2.75, 3.05) is 25.5 Å². The Bertz CT molecular complexity index is 432. The van der Waals surface area contributed by atoms with Crippen LogP contribution in [0.15, 0.2) is 6.33 Å². The normalized spacial score (nSPS) is 23.9. The molecular weight excluding hydrogens is 236 g/mol. The molecule has 1 aromatic heterocycles. The van der Waals surface area contributed by atoms with E-state index in [0.29, 0.717) is 6.04 Å². The maximum Gasteiger partial charge on any atom is 0.132 e. The molecule has 0 spiro atoms. The summed E-state index contributed by atoms with van der Waals surface area (Å²) in [5.41, 5.74) is 2.63. The van der Waals surface area contributed by atoms with Crippen LogP contribution in [-0.4, -0.2) is 41.0 Å². The van der Waals surface area contributed by atoms with E-state index in [2.05, 4.69) is 27.2 Å². The third-order valence-electron chi connectivity index (χ3n) is 4.55. The van der Waals surface area contributed by atoms with Gasteiger partial charge in [0.15, 0.2) is 0 Å². The summed E-state index contributed by atoms with van der Waals surface area (Å²) in [6.45, 7) is 2.24. The molecule has 2 aliphatic rings. The Morgan fingerprint density at radius 3 is 3.00 bits per heavy atom. The zero-order chi connectivity index (χ0) is 13.1. The van der Waals surface area contributed by atoms with Crippen LogP contribution in [0.4, 0.5) is 5.82 Å². The molecule has 2 heterocycles. The summed E-state index contributed by atoms with van der Waals surface area (Å²) < 4.78 is 0. The van der Waals surface area contributed by atoms with Crippen LogP contribution in [0.5, 0.6) is 0 Å². The lowest BCUT2D eigenvalue weighted by Gasteiger charge is -2.33. The van der Waals surface area contributed by atoms with Gasteiger partial charge >= 0.3 is 0 Å². The van der Waals surface area contributed by atoms with Gasteiger partial charge in [-0.05, 0) is 52.1 Å². The molecule has 3 rings (SSSR count). The Balaban J connectivity index is 1.66. The van der Waals surface area contributed by atoms with Crippen LogP contribution in [0.2, 0.25) is 0 Å². The van der Waals surface area contributed by atoms with Crippen LogP contribution in [-0.2, 0) is 12.8 Å². The molecule has 1 fully saturated rings. The van der Waals surface area contributed by atoms with Gasteiger partial charge in [0.25, 0.3) is 0 Å². The van der Waals surface area contributed by atoms with E-state index in [-0.39, 0.29) is 0 Å². The van der Waals surface area contributed by atoms with Crippen LogP contribution in [0, 0.1) is 0 Å². The predicted octanol–water partition coefficient (Wildman–Crippen LogP) is 2.25. The van der Waals surface area contributed by atoms with Crippen molar-refractivity contribution in [1.82, 2.24) is 14.9 Å². The Hall–Kier alpha value is -1.16. The molecular formula is C15H24N4. The molecule has 1 aliphatic carbocycles. The lowest BCUT2D eigenvalue weighted by Crippen LogP contribution is -2.41. The van der Waals surface area contributed by atoms with Crippen molar-refractivity contribution < 1.29 is 0 Å². The van der Waals surface area contributed by atoms with Crippen molar-refractivity contribution in [3.8, 4) is 0 Å². The number of aromatic nitrogens is 2. The molecule has 0 bridgehead atoms. The van der Waals surface area contributed by atoms with Gasteiger partial charge in [0.1, 0.15) is 12.1 Å². The molecule has 1 unspecified atom stereocenters. The van der Waals surface area contributed by atoms with Crippen LogP contribution < -0.4 is 5.32 Å². The van der Waals surface area contributed by atoms with E-state index >= 15 is 0 Å². The zero-order valence-electron chi connectivity index (χ0n) is 11.9. The highest BCUT2D eigenvalue weighted by molar-refractivity contribution is 5.47. The highest BCUT2D eigenvalue weighted by Gasteiger charge is 2.20. The number of likely N-dealkylation sites (tertiary alicyclic amines) is 1. The van der Waals surface area contributed by atoms with Gasteiger partial charge in [-0.25, -0.2) is 9.97 Å². The predicted molar refractivity (Wildman–Crippen MR) is 77.4 cm³/mol. The second-order valence-electron chi connectivity index (χ2n) is 5.87. The molecule has 1 aromatic rings. The van der Waals surface area contributed by atoms with Crippen LogP contribution in [0.1, 0.15) is 43.4 Å². The van der Waals surface area contributed by atoms with Gasteiger partial charge in [-0.1, -0.05) is 6.42 Å². The first-order valence-corrected chi connectivity index (χ1v) is 7.61. The maximum absolute atomic E-state index is 4.46. The summed E-state index contributed by atoms with van der Waals surface area (Å²) >= 11 is 0. The van der Waals surface area contributed by atoms with Gasteiger partial charge in [-0.15, -0.1) is 0 Å². The second kappa shape index (κ2) is 5.87. The van der Waals surface area contributed by atoms with Gasteiger partial charge in [-0.2, -0.15) is 0 Å². The molecule has 1 N–H and O–H groups in total. The summed E-state index contributed by atoms with van der Waals surface area (Å²) in [6.07, 6.45) is 10.5. The molecule has 0 amide bonds. The summed E-state index contributed by atoms with van der Waals surface area (Å²) in [6, 6.07) is 0.656. The maximum atomic E-state index is 4.46. The molecule has 0 saturated carbocycles. The fraction of sp³-hybridized carbons (Fsp3) is 0.733. The molecule has 4 heteroatoms. The number of hydrogen-bond donors (Lipinski definition) is 1. The summed E-state index contributed by atoms with van der Waals surface area (Å²) in [5.74, 6) is 1.09. The number of nitrogens with zero attached hydrogens (tertiary/aromatic N) is 3. The molecule has 1 saturated heterocycles. The molecule has 104 valence electrons. The van der Waals surface area contributed by atoms with Crippen molar-refractivity contribution in [3.05, 3.63) is 17.6 Å².